The Bertz CT molecular complexity index is 5110. The van der Waals surface area contributed by atoms with Gasteiger partial charge in [-0.1, -0.05) is 142 Å². The largest absolute Gasteiger partial charge is 0.215 e. The number of benzene rings is 5. The molecule has 0 bridgehead atoms. The lowest BCUT2D eigenvalue weighted by molar-refractivity contribution is -0.667. The van der Waals surface area contributed by atoms with Gasteiger partial charge in [0.05, 0.1) is 0 Å². The van der Waals surface area contributed by atoms with Crippen molar-refractivity contribution >= 4 is 0 Å². The van der Waals surface area contributed by atoms with Gasteiger partial charge in [0.1, 0.15) is 35.2 Å². The van der Waals surface area contributed by atoms with Gasteiger partial charge in [0, 0.05) is 159 Å². The van der Waals surface area contributed by atoms with Crippen LogP contribution in [0, 0.1) is 117 Å². The fourth-order valence-corrected chi connectivity index (χ4v) is 10.1. The second-order valence-electron chi connectivity index (χ2n) is 21.5. The van der Waals surface area contributed by atoms with Crippen molar-refractivity contribution in [3.63, 3.8) is 0 Å². The number of aryl methyl sites for hydroxylation is 9. The zero-order valence-electron chi connectivity index (χ0n) is 79.8. The van der Waals surface area contributed by atoms with E-state index >= 15 is 0 Å². The van der Waals surface area contributed by atoms with Crippen molar-refractivity contribution in [3.8, 4) is 56.3 Å². The van der Waals surface area contributed by atoms with Crippen LogP contribution >= 0.6 is 0 Å². The highest BCUT2D eigenvalue weighted by Gasteiger charge is 2.24. The van der Waals surface area contributed by atoms with Crippen LogP contribution in [0.3, 0.4) is 0 Å². The maximum absolute atomic E-state index is 8.33. The zero-order chi connectivity index (χ0) is 86.1. The van der Waals surface area contributed by atoms with E-state index in [0.29, 0.717) is 33.9 Å². The van der Waals surface area contributed by atoms with Gasteiger partial charge in [-0.15, -0.1) is 0 Å². The highest BCUT2D eigenvalue weighted by Crippen LogP contribution is 2.29. The summed E-state index contributed by atoms with van der Waals surface area (Å²) in [7, 11) is 8.24. The molecule has 0 spiro atoms. The first kappa shape index (κ1) is 44.3. The Morgan fingerprint density at radius 2 is 0.711 bits per heavy atom. The van der Waals surface area contributed by atoms with E-state index in [-0.39, 0.29) is 82.2 Å². The monoisotopic (exact) mass is 1240 g/mol. The minimum Gasteiger partial charge on any atom is -0.199 e. The summed E-state index contributed by atoms with van der Waals surface area (Å²) in [6, 6.07) is 50.2. The number of aromatic nitrogens is 5. The molecule has 10 rings (SSSR count). The van der Waals surface area contributed by atoms with Crippen LogP contribution in [0.1, 0.15) is 196 Å². The van der Waals surface area contributed by atoms with Crippen LogP contribution in [0.25, 0.3) is 56.3 Å². The molecule has 0 aliphatic heterocycles. The fraction of sp³-hybridized carbons (Fsp3) is 0.353. The lowest BCUT2D eigenvalue weighted by Gasteiger charge is -2.13. The number of hydrogen-bond donors (Lipinski definition) is 0. The topological polar surface area (TPSA) is 19.4 Å². The molecule has 90 heavy (non-hydrogen) atoms. The van der Waals surface area contributed by atoms with E-state index in [9.17, 15) is 0 Å². The van der Waals surface area contributed by atoms with Gasteiger partial charge in [-0.05, 0) is 176 Å². The molecule has 5 heteroatoms. The third kappa shape index (κ3) is 18.3. The van der Waals surface area contributed by atoms with Crippen molar-refractivity contribution in [2.45, 2.75) is 174 Å². The van der Waals surface area contributed by atoms with E-state index in [1.54, 1.807) is 70.9 Å². The molecule has 1 unspecified atom stereocenters. The van der Waals surface area contributed by atoms with Crippen molar-refractivity contribution < 1.29 is 61.2 Å². The summed E-state index contributed by atoms with van der Waals surface area (Å²) in [6.07, 6.45) is 0. The highest BCUT2D eigenvalue weighted by atomic mass is 15.0. The Hall–Kier alpha value is -8.15. The molecule has 5 aromatic heterocycles. The van der Waals surface area contributed by atoms with Crippen molar-refractivity contribution in [2.75, 3.05) is 0 Å². The molecule has 0 fully saturated rings. The van der Waals surface area contributed by atoms with Crippen LogP contribution in [-0.2, 0) is 35.2 Å². The maximum Gasteiger partial charge on any atom is 0.215 e. The van der Waals surface area contributed by atoms with Crippen LogP contribution in [0.2, 0.25) is 0 Å². The lowest BCUT2D eigenvalue weighted by atomic mass is 9.95. The van der Waals surface area contributed by atoms with Crippen molar-refractivity contribution in [3.05, 3.63) is 265 Å². The molecule has 0 aliphatic carbocycles. The van der Waals surface area contributed by atoms with E-state index in [2.05, 4.69) is 0 Å². The third-order valence-electron chi connectivity index (χ3n) is 15.5. The molecule has 0 saturated heterocycles. The van der Waals surface area contributed by atoms with Gasteiger partial charge < -0.3 is 0 Å². The Morgan fingerprint density at radius 1 is 0.311 bits per heavy atom. The van der Waals surface area contributed by atoms with E-state index in [0.717, 1.165) is 78.1 Å². The van der Waals surface area contributed by atoms with Gasteiger partial charge >= 0.3 is 0 Å². The van der Waals surface area contributed by atoms with Gasteiger partial charge in [0.2, 0.25) is 28.5 Å². The number of nitrogens with zero attached hydrogens (tertiary/aromatic N) is 5. The predicted molar refractivity (Wildman–Crippen MR) is 394 cm³/mol. The van der Waals surface area contributed by atoms with Gasteiger partial charge in [0.25, 0.3) is 0 Å². The van der Waals surface area contributed by atoms with Crippen molar-refractivity contribution in [2.24, 2.45) is 35.2 Å². The molecule has 0 N–H and O–H groups in total. The van der Waals surface area contributed by atoms with Crippen LogP contribution in [0.5, 0.6) is 0 Å². The molecular formula is C85H120N5+5. The maximum atomic E-state index is 8.33. The molecular weight excluding hydrogens is 1090 g/mol. The molecule has 5 aromatic carbocycles. The quantitative estimate of drug-likeness (QED) is 0.148. The zero-order valence-corrected chi connectivity index (χ0v) is 51.8. The summed E-state index contributed by atoms with van der Waals surface area (Å²) >= 11 is 0. The average Bonchev–Trinajstić information content (AvgIpc) is 0.734. The summed E-state index contributed by atoms with van der Waals surface area (Å²) in [6.45, 7) is -4.12. The molecule has 10 aromatic rings. The second-order valence-corrected chi connectivity index (χ2v) is 21.5. The van der Waals surface area contributed by atoms with Crippen LogP contribution in [0.4, 0.5) is 0 Å². The number of pyridine rings is 5. The van der Waals surface area contributed by atoms with Gasteiger partial charge in [-0.2, -0.15) is 22.8 Å². The predicted octanol–water partition coefficient (Wildman–Crippen LogP) is 20.4. The fourth-order valence-electron chi connectivity index (χ4n) is 10.1. The van der Waals surface area contributed by atoms with E-state index < -0.39 is 67.6 Å². The van der Waals surface area contributed by atoms with Crippen LogP contribution in [-0.4, -0.2) is 0 Å². The smallest absolute Gasteiger partial charge is 0.199 e. The summed E-state index contributed by atoms with van der Waals surface area (Å²) in [4.78, 5) is 0. The minimum absolute atomic E-state index is 0. The average molecular weight is 1240 g/mol. The molecule has 1 atom stereocenters. The Kier molecular flexibility index (Phi) is 17.4. The summed E-state index contributed by atoms with van der Waals surface area (Å²) < 4.78 is 225. The lowest BCUT2D eigenvalue weighted by Crippen LogP contribution is -2.37. The summed E-state index contributed by atoms with van der Waals surface area (Å²) in [5, 5.41) is 0. The Balaban J connectivity index is 0.000000731. The number of rotatable bonds is 6. The molecule has 0 saturated carbocycles. The Labute approximate surface area is 589 Å². The van der Waals surface area contributed by atoms with Crippen LogP contribution in [0.15, 0.2) is 164 Å². The van der Waals surface area contributed by atoms with Crippen molar-refractivity contribution in [1.29, 1.82) is 0 Å². The van der Waals surface area contributed by atoms with Gasteiger partial charge in [-0.3, -0.25) is 0 Å². The standard InChI is InChI=1S/2C17H22N.C16H20N.2C15H18N.5CH4/c1-11-9-7-8-10-16(11)17-14(4)12(2)13(3)15(5)18(17)6;1-12(2)15-10-11-17(18(5)14(15)4)16-9-7-6-8-13(16)3;1-11-8-6-7-9-15(11)16-10-12(2)13(3)14(4)17(16)5;1-11-9-13(3)16(4)15(10-11)14-8-6-5-7-12(14)2;1-11-9-10-15(16(4)13(11)3)14-8-6-5-7-12(14)2;;;;;/h7-10H,1-6H3;6-12H,1-5H3;6-10H,1-5H3;2*5-10H,1-4H3;5*1H4/q5*+1;;;;;/i3D3,5D3;1D3,4D3,12D;3D3,4D3;3D3;1D3,3D3;;;;;. The molecule has 0 amide bonds. The molecule has 0 radical (unpaired) electrons. The van der Waals surface area contributed by atoms with E-state index in [1.165, 1.54) is 37.3 Å². The van der Waals surface area contributed by atoms with Crippen LogP contribution < -0.4 is 22.8 Å². The van der Waals surface area contributed by atoms with Gasteiger partial charge in [0.15, 0.2) is 28.5 Å². The third-order valence-corrected chi connectivity index (χ3v) is 15.5. The molecule has 5 heterocycles. The Morgan fingerprint density at radius 3 is 1.13 bits per heavy atom. The van der Waals surface area contributed by atoms with Crippen molar-refractivity contribution in [1.82, 2.24) is 0 Å². The summed E-state index contributed by atoms with van der Waals surface area (Å²) in [5.41, 5.74) is 15.7. The molecule has 0 aliphatic rings. The number of hydrogen-bond acceptors (Lipinski definition) is 0. The van der Waals surface area contributed by atoms with E-state index in [1.807, 2.05) is 183 Å². The first-order valence-electron chi connectivity index (χ1n) is 41.9. The highest BCUT2D eigenvalue weighted by molar-refractivity contribution is 5.67. The SMILES string of the molecule is C.C.C.C.C.[2H]C([2H])([2H])c1c(C([2H])(C)C([2H])([2H])[2H])ccc(-c2ccccc2C)[n+]1C.[2H]C([2H])([2H])c1c(C)c(C)c(-c2ccccc2C)[n+](C)c1C([2H])([2H])[2H].[2H]C([2H])([2H])c1c(C)cc(-c2ccccc2C)[n+](C)c1C([2H])([2H])[2H].[2H]C([2H])([2H])c1cc(C)cc(-c2ccccc2C)[n+]1C.[2H]C([2H])([2H])c1ccc(-c2ccccc2C)[n+](C)c1C([2H])([2H])[2H]. The van der Waals surface area contributed by atoms with E-state index in [4.69, 9.17) is 38.4 Å². The first-order chi connectivity index (χ1) is 51.4. The molecule has 5 nitrogen and oxygen atoms in total. The normalized spacial score (nSPS) is 16.6. The van der Waals surface area contributed by atoms with Gasteiger partial charge in [-0.25, -0.2) is 0 Å². The molecule has 480 valence electrons. The minimum atomic E-state index is -2.65. The summed E-state index contributed by atoms with van der Waals surface area (Å²) in [5.74, 6) is -2.03. The second kappa shape index (κ2) is 35.3. The first-order valence-corrected chi connectivity index (χ1v) is 27.9.